The van der Waals surface area contributed by atoms with E-state index >= 15 is 0 Å². The largest absolute Gasteiger partial charge is 0.466 e. The fraction of sp³-hybridized carbons (Fsp3) is 0.909. The molecule has 0 aromatic carbocycles. The first-order valence-corrected chi connectivity index (χ1v) is 5.60. The van der Waals surface area contributed by atoms with Crippen molar-refractivity contribution < 1.29 is 24.1 Å². The number of esters is 1. The maximum Gasteiger partial charge on any atom is 0.305 e. The molecule has 0 amide bonds. The minimum atomic E-state index is -0.688. The van der Waals surface area contributed by atoms with Gasteiger partial charge in [0.25, 0.3) is 0 Å². The van der Waals surface area contributed by atoms with Crippen molar-refractivity contribution >= 4 is 5.97 Å². The Kier molecular flexibility index (Phi) is 4.70. The highest BCUT2D eigenvalue weighted by atomic mass is 16.8. The summed E-state index contributed by atoms with van der Waals surface area (Å²) >= 11 is 0. The van der Waals surface area contributed by atoms with E-state index in [4.69, 9.17) is 19.3 Å². The van der Waals surface area contributed by atoms with Crippen molar-refractivity contribution in [1.29, 1.82) is 0 Å². The van der Waals surface area contributed by atoms with Crippen LogP contribution in [-0.2, 0) is 19.0 Å². The maximum atomic E-state index is 11.2. The number of rotatable bonds is 5. The summed E-state index contributed by atoms with van der Waals surface area (Å²) in [6, 6.07) is 0. The summed E-state index contributed by atoms with van der Waals surface area (Å²) in [6.07, 6.45) is 0.191. The van der Waals surface area contributed by atoms with E-state index in [1.54, 1.807) is 20.8 Å². The lowest BCUT2D eigenvalue weighted by molar-refractivity contribution is -0.152. The van der Waals surface area contributed by atoms with Crippen molar-refractivity contribution in [1.82, 2.24) is 0 Å². The van der Waals surface area contributed by atoms with Crippen LogP contribution >= 0.6 is 0 Å². The summed E-state index contributed by atoms with van der Waals surface area (Å²) in [5.74, 6) is -0.931. The first-order chi connectivity index (χ1) is 7.48. The summed E-state index contributed by atoms with van der Waals surface area (Å²) in [6.45, 7) is 5.64. The van der Waals surface area contributed by atoms with Gasteiger partial charge in [-0.3, -0.25) is 4.79 Å². The molecule has 1 N–H and O–H groups in total. The van der Waals surface area contributed by atoms with E-state index in [9.17, 15) is 4.79 Å². The molecule has 0 aliphatic carbocycles. The second kappa shape index (κ2) is 5.61. The van der Waals surface area contributed by atoms with E-state index < -0.39 is 5.79 Å². The third-order valence-corrected chi connectivity index (χ3v) is 2.40. The molecule has 1 saturated heterocycles. The Balaban J connectivity index is 2.38. The predicted octanol–water partition coefficient (Wildman–Crippen LogP) is 0.842. The molecule has 0 spiro atoms. The molecule has 1 aliphatic rings. The molecule has 0 aromatic heterocycles. The van der Waals surface area contributed by atoms with Crippen molar-refractivity contribution in [3.8, 4) is 0 Å². The Morgan fingerprint density at radius 2 is 2.00 bits per heavy atom. The second-order valence-electron chi connectivity index (χ2n) is 4.24. The number of ether oxygens (including phenoxy) is 3. The highest BCUT2D eigenvalue weighted by Crippen LogP contribution is 2.30. The maximum absolute atomic E-state index is 11.2. The molecular weight excluding hydrogens is 212 g/mol. The van der Waals surface area contributed by atoms with Crippen LogP contribution in [0.5, 0.6) is 0 Å². The van der Waals surface area contributed by atoms with Gasteiger partial charge in [-0.05, 0) is 27.2 Å². The summed E-state index contributed by atoms with van der Waals surface area (Å²) in [5.41, 5.74) is 0. The topological polar surface area (TPSA) is 65.0 Å². The molecule has 2 atom stereocenters. The lowest BCUT2D eigenvalue weighted by atomic mass is 10.1. The van der Waals surface area contributed by atoms with Crippen LogP contribution in [0.2, 0.25) is 0 Å². The number of aliphatic hydroxyl groups is 1. The van der Waals surface area contributed by atoms with Gasteiger partial charge >= 0.3 is 5.97 Å². The molecule has 94 valence electrons. The fourth-order valence-electron chi connectivity index (χ4n) is 1.80. The molecule has 1 aliphatic heterocycles. The minimum Gasteiger partial charge on any atom is -0.466 e. The van der Waals surface area contributed by atoms with E-state index in [0.29, 0.717) is 13.0 Å². The van der Waals surface area contributed by atoms with Crippen molar-refractivity contribution in [3.63, 3.8) is 0 Å². The SMILES string of the molecule is CCOC(=O)CC[C@H]1OC(C)(C)O[C@H]1CO. The smallest absolute Gasteiger partial charge is 0.305 e. The lowest BCUT2D eigenvalue weighted by Crippen LogP contribution is -2.27. The van der Waals surface area contributed by atoms with E-state index in [-0.39, 0.29) is 31.2 Å². The Hall–Kier alpha value is -0.650. The van der Waals surface area contributed by atoms with Crippen molar-refractivity contribution in [2.45, 2.75) is 51.6 Å². The molecule has 0 radical (unpaired) electrons. The zero-order chi connectivity index (χ0) is 12.2. The van der Waals surface area contributed by atoms with Gasteiger partial charge in [-0.1, -0.05) is 0 Å². The summed E-state index contributed by atoms with van der Waals surface area (Å²) < 4.78 is 15.9. The predicted molar refractivity (Wildman–Crippen MR) is 56.8 cm³/mol. The number of carbonyl (C=O) groups excluding carboxylic acids is 1. The Morgan fingerprint density at radius 1 is 1.38 bits per heavy atom. The van der Waals surface area contributed by atoms with Crippen LogP contribution in [0.1, 0.15) is 33.6 Å². The van der Waals surface area contributed by atoms with Crippen LogP contribution in [0.4, 0.5) is 0 Å². The summed E-state index contributed by atoms with van der Waals surface area (Å²) in [4.78, 5) is 11.2. The zero-order valence-electron chi connectivity index (χ0n) is 10.1. The molecule has 1 fully saturated rings. The zero-order valence-corrected chi connectivity index (χ0v) is 10.1. The lowest BCUT2D eigenvalue weighted by Gasteiger charge is -2.16. The molecular formula is C11H20O5. The second-order valence-corrected chi connectivity index (χ2v) is 4.24. The molecule has 0 bridgehead atoms. The highest BCUT2D eigenvalue weighted by molar-refractivity contribution is 5.69. The van der Waals surface area contributed by atoms with Gasteiger partial charge in [-0.25, -0.2) is 0 Å². The van der Waals surface area contributed by atoms with Gasteiger partial charge in [0.05, 0.1) is 19.3 Å². The highest BCUT2D eigenvalue weighted by Gasteiger charge is 2.40. The number of carbonyl (C=O) groups is 1. The van der Waals surface area contributed by atoms with Gasteiger partial charge in [0.15, 0.2) is 5.79 Å². The van der Waals surface area contributed by atoms with E-state index in [2.05, 4.69) is 0 Å². The molecule has 5 nitrogen and oxygen atoms in total. The Morgan fingerprint density at radius 3 is 2.56 bits per heavy atom. The average molecular weight is 232 g/mol. The molecule has 5 heteroatoms. The van der Waals surface area contributed by atoms with Crippen molar-refractivity contribution in [2.75, 3.05) is 13.2 Å². The van der Waals surface area contributed by atoms with Crippen LogP contribution in [-0.4, -0.2) is 42.3 Å². The van der Waals surface area contributed by atoms with E-state index in [0.717, 1.165) is 0 Å². The van der Waals surface area contributed by atoms with Crippen LogP contribution in [0.15, 0.2) is 0 Å². The van der Waals surface area contributed by atoms with Gasteiger partial charge < -0.3 is 19.3 Å². The van der Waals surface area contributed by atoms with E-state index in [1.165, 1.54) is 0 Å². The Labute approximate surface area is 95.7 Å². The first-order valence-electron chi connectivity index (χ1n) is 5.60. The van der Waals surface area contributed by atoms with Crippen molar-refractivity contribution in [3.05, 3.63) is 0 Å². The first kappa shape index (κ1) is 13.4. The van der Waals surface area contributed by atoms with Crippen LogP contribution in [0.25, 0.3) is 0 Å². The van der Waals surface area contributed by atoms with Gasteiger partial charge in [-0.2, -0.15) is 0 Å². The number of hydrogen-bond donors (Lipinski definition) is 1. The van der Waals surface area contributed by atoms with Crippen LogP contribution in [0, 0.1) is 0 Å². The summed E-state index contributed by atoms with van der Waals surface area (Å²) in [5, 5.41) is 9.12. The quantitative estimate of drug-likeness (QED) is 0.712. The Bertz CT molecular complexity index is 239. The van der Waals surface area contributed by atoms with Crippen molar-refractivity contribution in [2.24, 2.45) is 0 Å². The van der Waals surface area contributed by atoms with Gasteiger partial charge in [-0.15, -0.1) is 0 Å². The number of hydrogen-bond acceptors (Lipinski definition) is 5. The fourth-order valence-corrected chi connectivity index (χ4v) is 1.80. The van der Waals surface area contributed by atoms with Gasteiger partial charge in [0.2, 0.25) is 0 Å². The van der Waals surface area contributed by atoms with Crippen LogP contribution < -0.4 is 0 Å². The normalized spacial score (nSPS) is 28.0. The minimum absolute atomic E-state index is 0.100. The summed E-state index contributed by atoms with van der Waals surface area (Å²) in [7, 11) is 0. The van der Waals surface area contributed by atoms with Gasteiger partial charge in [0.1, 0.15) is 6.10 Å². The monoisotopic (exact) mass is 232 g/mol. The molecule has 0 aromatic rings. The molecule has 1 rings (SSSR count). The molecule has 16 heavy (non-hydrogen) atoms. The average Bonchev–Trinajstić information content (AvgIpc) is 2.51. The molecule has 0 saturated carbocycles. The van der Waals surface area contributed by atoms with Gasteiger partial charge in [0, 0.05) is 6.42 Å². The molecule has 0 unspecified atom stereocenters. The number of aliphatic hydroxyl groups excluding tert-OH is 1. The standard InChI is InChI=1S/C11H20O5/c1-4-14-10(13)6-5-8-9(7-12)16-11(2,3)15-8/h8-9,12H,4-7H2,1-3H3/t8-,9+/m1/s1. The van der Waals surface area contributed by atoms with E-state index in [1.807, 2.05) is 0 Å². The van der Waals surface area contributed by atoms with Crippen LogP contribution in [0.3, 0.4) is 0 Å². The third-order valence-electron chi connectivity index (χ3n) is 2.40. The molecule has 1 heterocycles. The third kappa shape index (κ3) is 3.73.